The SMILES string of the molecule is CCCCn1c(N)c(N(CC)C(=O)CCSc2ccccc2)c(=O)[nH]c1=O. The maximum Gasteiger partial charge on any atom is 0.330 e. The molecule has 1 heterocycles. The molecule has 0 bridgehead atoms. The Labute approximate surface area is 162 Å². The summed E-state index contributed by atoms with van der Waals surface area (Å²) in [5, 5.41) is 0. The van der Waals surface area contributed by atoms with Crippen LogP contribution in [-0.2, 0) is 11.3 Å². The highest BCUT2D eigenvalue weighted by Crippen LogP contribution is 2.21. The van der Waals surface area contributed by atoms with E-state index >= 15 is 0 Å². The van der Waals surface area contributed by atoms with Crippen LogP contribution >= 0.6 is 11.8 Å². The highest BCUT2D eigenvalue weighted by molar-refractivity contribution is 7.99. The van der Waals surface area contributed by atoms with Gasteiger partial charge in [-0.3, -0.25) is 19.1 Å². The van der Waals surface area contributed by atoms with Gasteiger partial charge in [0, 0.05) is 30.2 Å². The van der Waals surface area contributed by atoms with Crippen molar-refractivity contribution in [3.05, 3.63) is 51.2 Å². The van der Waals surface area contributed by atoms with Crippen molar-refractivity contribution < 1.29 is 4.79 Å². The van der Waals surface area contributed by atoms with Crippen LogP contribution in [0.1, 0.15) is 33.1 Å². The van der Waals surface area contributed by atoms with Gasteiger partial charge in [-0.25, -0.2) is 4.79 Å². The Morgan fingerprint density at radius 2 is 1.93 bits per heavy atom. The molecule has 0 spiro atoms. The minimum atomic E-state index is -0.629. The van der Waals surface area contributed by atoms with Crippen molar-refractivity contribution in [1.82, 2.24) is 9.55 Å². The predicted molar refractivity (Wildman–Crippen MR) is 110 cm³/mol. The average Bonchev–Trinajstić information content (AvgIpc) is 2.65. The van der Waals surface area contributed by atoms with Crippen LogP contribution in [0.15, 0.2) is 44.8 Å². The fourth-order valence-corrected chi connectivity index (χ4v) is 3.61. The molecule has 3 N–H and O–H groups in total. The third-order valence-corrected chi connectivity index (χ3v) is 5.18. The quantitative estimate of drug-likeness (QED) is 0.641. The smallest absolute Gasteiger partial charge is 0.330 e. The lowest BCUT2D eigenvalue weighted by Crippen LogP contribution is -2.41. The highest BCUT2D eigenvalue weighted by atomic mass is 32.2. The van der Waals surface area contributed by atoms with Crippen LogP contribution in [0, 0.1) is 0 Å². The molecule has 0 unspecified atom stereocenters. The highest BCUT2D eigenvalue weighted by Gasteiger charge is 2.22. The van der Waals surface area contributed by atoms with E-state index in [4.69, 9.17) is 5.73 Å². The first-order valence-electron chi connectivity index (χ1n) is 9.10. The van der Waals surface area contributed by atoms with E-state index < -0.39 is 11.2 Å². The Balaban J connectivity index is 2.19. The molecule has 2 rings (SSSR count). The number of anilines is 2. The summed E-state index contributed by atoms with van der Waals surface area (Å²) in [7, 11) is 0. The molecule has 0 saturated heterocycles. The number of H-pyrrole nitrogens is 1. The monoisotopic (exact) mass is 390 g/mol. The van der Waals surface area contributed by atoms with Gasteiger partial charge in [0.15, 0.2) is 5.69 Å². The number of rotatable bonds is 9. The molecule has 0 aliphatic rings. The van der Waals surface area contributed by atoms with Gasteiger partial charge in [-0.1, -0.05) is 31.5 Å². The number of aromatic nitrogens is 2. The Kier molecular flexibility index (Phi) is 7.72. The molecule has 146 valence electrons. The van der Waals surface area contributed by atoms with Crippen LogP contribution in [0.2, 0.25) is 0 Å². The number of carbonyl (C=O) groups is 1. The number of nitrogens with two attached hydrogens (primary N) is 1. The minimum absolute atomic E-state index is 0.0445. The maximum absolute atomic E-state index is 12.7. The van der Waals surface area contributed by atoms with Gasteiger partial charge in [0.2, 0.25) is 5.91 Å². The molecular weight excluding hydrogens is 364 g/mol. The van der Waals surface area contributed by atoms with E-state index in [1.165, 1.54) is 9.47 Å². The van der Waals surface area contributed by atoms with Crippen molar-refractivity contribution in [2.45, 2.75) is 44.6 Å². The number of hydrogen-bond acceptors (Lipinski definition) is 5. The molecule has 0 aliphatic heterocycles. The number of carbonyl (C=O) groups excluding carboxylic acids is 1. The van der Waals surface area contributed by atoms with Crippen LogP contribution in [0.4, 0.5) is 11.5 Å². The molecule has 1 amide bonds. The predicted octanol–water partition coefficient (Wildman–Crippen LogP) is 2.45. The second-order valence-electron chi connectivity index (χ2n) is 6.05. The van der Waals surface area contributed by atoms with Crippen molar-refractivity contribution >= 4 is 29.2 Å². The van der Waals surface area contributed by atoms with E-state index in [0.29, 0.717) is 18.8 Å². The van der Waals surface area contributed by atoms with Gasteiger partial charge in [-0.05, 0) is 25.5 Å². The number of unbranched alkanes of at least 4 members (excludes halogenated alkanes) is 1. The van der Waals surface area contributed by atoms with Crippen molar-refractivity contribution in [2.24, 2.45) is 0 Å². The topological polar surface area (TPSA) is 101 Å². The van der Waals surface area contributed by atoms with Gasteiger partial charge in [-0.2, -0.15) is 0 Å². The zero-order chi connectivity index (χ0) is 19.8. The molecule has 1 aromatic heterocycles. The fourth-order valence-electron chi connectivity index (χ4n) is 2.74. The van der Waals surface area contributed by atoms with E-state index in [1.54, 1.807) is 18.7 Å². The van der Waals surface area contributed by atoms with Crippen LogP contribution in [0.3, 0.4) is 0 Å². The van der Waals surface area contributed by atoms with E-state index in [1.807, 2.05) is 37.3 Å². The lowest BCUT2D eigenvalue weighted by atomic mass is 10.3. The summed E-state index contributed by atoms with van der Waals surface area (Å²) in [6.07, 6.45) is 1.90. The van der Waals surface area contributed by atoms with Gasteiger partial charge in [-0.15, -0.1) is 11.8 Å². The summed E-state index contributed by atoms with van der Waals surface area (Å²) in [5.74, 6) is 0.439. The van der Waals surface area contributed by atoms with Crippen molar-refractivity contribution in [1.29, 1.82) is 0 Å². The van der Waals surface area contributed by atoms with Crippen LogP contribution in [0.25, 0.3) is 0 Å². The summed E-state index contributed by atoms with van der Waals surface area (Å²) in [4.78, 5) is 41.8. The van der Waals surface area contributed by atoms with Gasteiger partial charge in [0.1, 0.15) is 5.82 Å². The van der Waals surface area contributed by atoms with Crippen LogP contribution < -0.4 is 21.9 Å². The molecule has 7 nitrogen and oxygen atoms in total. The van der Waals surface area contributed by atoms with E-state index in [-0.39, 0.29) is 23.8 Å². The molecule has 0 saturated carbocycles. The molecule has 2 aromatic rings. The molecule has 0 aliphatic carbocycles. The number of thioether (sulfide) groups is 1. The fraction of sp³-hybridized carbons (Fsp3) is 0.421. The Hall–Kier alpha value is -2.48. The van der Waals surface area contributed by atoms with E-state index in [2.05, 4.69) is 4.98 Å². The van der Waals surface area contributed by atoms with Gasteiger partial charge in [0.25, 0.3) is 5.56 Å². The number of nitrogens with zero attached hydrogens (tertiary/aromatic N) is 2. The molecule has 8 heteroatoms. The number of nitrogen functional groups attached to an aromatic ring is 1. The van der Waals surface area contributed by atoms with E-state index in [9.17, 15) is 14.4 Å². The second kappa shape index (κ2) is 10.0. The lowest BCUT2D eigenvalue weighted by Gasteiger charge is -2.23. The van der Waals surface area contributed by atoms with Crippen molar-refractivity contribution in [3.8, 4) is 0 Å². The first-order valence-corrected chi connectivity index (χ1v) is 10.1. The van der Waals surface area contributed by atoms with Gasteiger partial charge in [0.05, 0.1) is 0 Å². The molecule has 0 fully saturated rings. The lowest BCUT2D eigenvalue weighted by molar-refractivity contribution is -0.118. The first kappa shape index (κ1) is 20.8. The van der Waals surface area contributed by atoms with Crippen molar-refractivity contribution in [3.63, 3.8) is 0 Å². The largest absolute Gasteiger partial charge is 0.383 e. The Morgan fingerprint density at radius 3 is 2.56 bits per heavy atom. The van der Waals surface area contributed by atoms with Crippen LogP contribution in [0.5, 0.6) is 0 Å². The molecular formula is C19H26N4O3S. The summed E-state index contributed by atoms with van der Waals surface area (Å²) in [6.45, 7) is 4.48. The van der Waals surface area contributed by atoms with Gasteiger partial charge >= 0.3 is 5.69 Å². The molecule has 0 radical (unpaired) electrons. The zero-order valence-electron chi connectivity index (χ0n) is 15.7. The zero-order valence-corrected chi connectivity index (χ0v) is 16.6. The molecule has 1 aromatic carbocycles. The van der Waals surface area contributed by atoms with Gasteiger partial charge < -0.3 is 10.6 Å². The van der Waals surface area contributed by atoms with Crippen LogP contribution in [-0.4, -0.2) is 27.8 Å². The summed E-state index contributed by atoms with van der Waals surface area (Å²) in [5.41, 5.74) is 4.99. The number of amides is 1. The second-order valence-corrected chi connectivity index (χ2v) is 7.22. The number of aromatic amines is 1. The maximum atomic E-state index is 12.7. The standard InChI is InChI=1S/C19H26N4O3S/c1-3-5-12-23-17(20)16(18(25)21-19(23)26)22(4-2)15(24)11-13-27-14-9-7-6-8-10-14/h6-10H,3-5,11-13,20H2,1-2H3,(H,21,25,26). The summed E-state index contributed by atoms with van der Waals surface area (Å²) in [6, 6.07) is 9.80. The molecule has 0 atom stereocenters. The van der Waals surface area contributed by atoms with E-state index in [0.717, 1.165) is 17.7 Å². The Bertz CT molecular complexity index is 877. The summed E-state index contributed by atoms with van der Waals surface area (Å²) >= 11 is 1.58. The first-order chi connectivity index (χ1) is 13.0. The van der Waals surface area contributed by atoms with Crippen molar-refractivity contribution in [2.75, 3.05) is 22.9 Å². The number of benzene rings is 1. The third kappa shape index (κ3) is 5.26. The Morgan fingerprint density at radius 1 is 1.22 bits per heavy atom. The minimum Gasteiger partial charge on any atom is -0.383 e. The summed E-state index contributed by atoms with van der Waals surface area (Å²) < 4.78 is 1.33. The normalized spacial score (nSPS) is 10.7. The number of hydrogen-bond donors (Lipinski definition) is 2. The molecule has 27 heavy (non-hydrogen) atoms. The average molecular weight is 391 g/mol. The third-order valence-electron chi connectivity index (χ3n) is 4.16. The number of nitrogens with one attached hydrogen (secondary N) is 1.